The van der Waals surface area contributed by atoms with Gasteiger partial charge in [-0.2, -0.15) is 0 Å². The molecule has 1 amide bonds. The maximum atomic E-state index is 12.1. The molecule has 0 aromatic heterocycles. The van der Waals surface area contributed by atoms with Crippen molar-refractivity contribution in [2.45, 2.75) is 65.0 Å². The van der Waals surface area contributed by atoms with Gasteiger partial charge in [-0.15, -0.1) is 0 Å². The fourth-order valence-electron chi connectivity index (χ4n) is 2.75. The third-order valence-corrected chi connectivity index (χ3v) is 4.14. The van der Waals surface area contributed by atoms with Crippen molar-refractivity contribution < 1.29 is 14.3 Å². The zero-order chi connectivity index (χ0) is 18.3. The van der Waals surface area contributed by atoms with E-state index in [1.807, 2.05) is 32.9 Å². The van der Waals surface area contributed by atoms with Gasteiger partial charge in [0.25, 0.3) is 0 Å². The van der Waals surface area contributed by atoms with Gasteiger partial charge in [-0.05, 0) is 64.3 Å². The van der Waals surface area contributed by atoms with Crippen molar-refractivity contribution in [2.24, 2.45) is 0 Å². The Balaban J connectivity index is 1.75. The van der Waals surface area contributed by atoms with Crippen LogP contribution in [0.5, 0.6) is 5.75 Å². The maximum Gasteiger partial charge on any atom is 0.410 e. The minimum absolute atomic E-state index is 0.209. The Kier molecular flexibility index (Phi) is 6.97. The fourth-order valence-corrected chi connectivity index (χ4v) is 2.75. The molecular weight excluding hydrogens is 316 g/mol. The molecule has 0 atom stereocenters. The van der Waals surface area contributed by atoms with Gasteiger partial charge >= 0.3 is 6.09 Å². The van der Waals surface area contributed by atoms with Gasteiger partial charge in [-0.25, -0.2) is 4.79 Å². The molecule has 140 valence electrons. The lowest BCUT2D eigenvalue weighted by atomic mass is 10.0. The van der Waals surface area contributed by atoms with Gasteiger partial charge in [0.2, 0.25) is 0 Å². The highest BCUT2D eigenvalue weighted by Gasteiger charge is 2.26. The third kappa shape index (κ3) is 6.85. The summed E-state index contributed by atoms with van der Waals surface area (Å²) in [5.74, 6) is 0.916. The molecule has 1 heterocycles. The van der Waals surface area contributed by atoms with Crippen molar-refractivity contribution in [3.05, 3.63) is 24.3 Å². The van der Waals surface area contributed by atoms with E-state index in [0.717, 1.165) is 56.8 Å². The first kappa shape index (κ1) is 19.4. The predicted molar refractivity (Wildman–Crippen MR) is 101 cm³/mol. The van der Waals surface area contributed by atoms with Crippen LogP contribution in [0, 0.1) is 0 Å². The first-order chi connectivity index (χ1) is 11.9. The van der Waals surface area contributed by atoms with Gasteiger partial charge in [0.1, 0.15) is 11.4 Å². The minimum Gasteiger partial charge on any atom is -0.494 e. The number of hydrogen-bond acceptors (Lipinski definition) is 4. The molecule has 0 bridgehead atoms. The molecule has 0 unspecified atom stereocenters. The first-order valence-electron chi connectivity index (χ1n) is 9.34. The number of nitrogens with zero attached hydrogens (tertiary/aromatic N) is 1. The predicted octanol–water partition coefficient (Wildman–Crippen LogP) is 4.68. The molecule has 25 heavy (non-hydrogen) atoms. The average Bonchev–Trinajstić information content (AvgIpc) is 2.56. The summed E-state index contributed by atoms with van der Waals surface area (Å²) in [4.78, 5) is 13.9. The van der Waals surface area contributed by atoms with E-state index >= 15 is 0 Å². The van der Waals surface area contributed by atoms with E-state index in [2.05, 4.69) is 24.4 Å². The number of nitrogens with one attached hydrogen (secondary N) is 1. The number of hydrogen-bond donors (Lipinski definition) is 1. The van der Waals surface area contributed by atoms with Crippen LogP contribution in [-0.2, 0) is 4.74 Å². The number of carbonyl (C=O) groups is 1. The SMILES string of the molecule is CCCCOc1ccc(NC2CCN(C(=O)OC(C)(C)C)CC2)cc1. The van der Waals surface area contributed by atoms with Crippen molar-refractivity contribution in [1.82, 2.24) is 4.90 Å². The van der Waals surface area contributed by atoms with E-state index in [9.17, 15) is 4.79 Å². The van der Waals surface area contributed by atoms with Crippen molar-refractivity contribution in [3.8, 4) is 5.75 Å². The summed E-state index contributed by atoms with van der Waals surface area (Å²) >= 11 is 0. The summed E-state index contributed by atoms with van der Waals surface area (Å²) < 4.78 is 11.1. The van der Waals surface area contributed by atoms with Crippen molar-refractivity contribution in [2.75, 3.05) is 25.0 Å². The molecule has 5 heteroatoms. The number of benzene rings is 1. The lowest BCUT2D eigenvalue weighted by molar-refractivity contribution is 0.0210. The molecule has 1 fully saturated rings. The Bertz CT molecular complexity index is 529. The van der Waals surface area contributed by atoms with Crippen LogP contribution in [-0.4, -0.2) is 42.3 Å². The Morgan fingerprint density at radius 1 is 1.20 bits per heavy atom. The molecule has 0 radical (unpaired) electrons. The second kappa shape index (κ2) is 8.97. The molecule has 1 aliphatic rings. The summed E-state index contributed by atoms with van der Waals surface area (Å²) in [6, 6.07) is 8.51. The number of rotatable bonds is 6. The van der Waals surface area contributed by atoms with E-state index in [1.165, 1.54) is 0 Å². The van der Waals surface area contributed by atoms with Crippen molar-refractivity contribution in [3.63, 3.8) is 0 Å². The second-order valence-corrected chi connectivity index (χ2v) is 7.61. The first-order valence-corrected chi connectivity index (χ1v) is 9.34. The van der Waals surface area contributed by atoms with Crippen LogP contribution < -0.4 is 10.1 Å². The fraction of sp³-hybridized carbons (Fsp3) is 0.650. The van der Waals surface area contributed by atoms with Crippen molar-refractivity contribution in [1.29, 1.82) is 0 Å². The summed E-state index contributed by atoms with van der Waals surface area (Å²) in [7, 11) is 0. The Morgan fingerprint density at radius 3 is 2.40 bits per heavy atom. The van der Waals surface area contributed by atoms with E-state index in [1.54, 1.807) is 4.90 Å². The molecule has 0 spiro atoms. The highest BCUT2D eigenvalue weighted by molar-refractivity contribution is 5.68. The van der Waals surface area contributed by atoms with Gasteiger partial charge in [-0.1, -0.05) is 13.3 Å². The van der Waals surface area contributed by atoms with Crippen LogP contribution in [0.4, 0.5) is 10.5 Å². The van der Waals surface area contributed by atoms with E-state index < -0.39 is 5.60 Å². The number of likely N-dealkylation sites (tertiary alicyclic amines) is 1. The molecule has 0 saturated carbocycles. The zero-order valence-electron chi connectivity index (χ0n) is 16.0. The summed E-state index contributed by atoms with van der Waals surface area (Å²) in [5.41, 5.74) is 0.659. The smallest absolute Gasteiger partial charge is 0.410 e. The summed E-state index contributed by atoms with van der Waals surface area (Å²) in [6.45, 7) is 10.1. The monoisotopic (exact) mass is 348 g/mol. The zero-order valence-corrected chi connectivity index (χ0v) is 16.0. The van der Waals surface area contributed by atoms with Crippen LogP contribution in [0.2, 0.25) is 0 Å². The minimum atomic E-state index is -0.437. The number of carbonyl (C=O) groups excluding carboxylic acids is 1. The summed E-state index contributed by atoms with van der Waals surface area (Å²) in [5, 5.41) is 3.55. The second-order valence-electron chi connectivity index (χ2n) is 7.61. The highest BCUT2D eigenvalue weighted by Crippen LogP contribution is 2.21. The number of amides is 1. The normalized spacial score (nSPS) is 15.8. The number of piperidine rings is 1. The van der Waals surface area contributed by atoms with Crippen LogP contribution >= 0.6 is 0 Å². The lowest BCUT2D eigenvalue weighted by Crippen LogP contribution is -2.44. The largest absolute Gasteiger partial charge is 0.494 e. The van der Waals surface area contributed by atoms with E-state index in [0.29, 0.717) is 6.04 Å². The van der Waals surface area contributed by atoms with Gasteiger partial charge in [0, 0.05) is 24.8 Å². The van der Waals surface area contributed by atoms with Gasteiger partial charge in [0.15, 0.2) is 0 Å². The third-order valence-electron chi connectivity index (χ3n) is 4.14. The Labute approximate surface area is 151 Å². The maximum absolute atomic E-state index is 12.1. The van der Waals surface area contributed by atoms with Crippen LogP contribution in [0.1, 0.15) is 53.4 Å². The van der Waals surface area contributed by atoms with Gasteiger partial charge in [-0.3, -0.25) is 0 Å². The molecule has 1 aromatic rings. The average molecular weight is 348 g/mol. The molecular formula is C20H32N2O3. The number of ether oxygens (including phenoxy) is 2. The standard InChI is InChI=1S/C20H32N2O3/c1-5-6-15-24-18-9-7-16(8-10-18)21-17-11-13-22(14-12-17)19(23)25-20(2,3)4/h7-10,17,21H,5-6,11-15H2,1-4H3. The van der Waals surface area contributed by atoms with Crippen LogP contribution in [0.15, 0.2) is 24.3 Å². The number of unbranched alkanes of at least 4 members (excludes halogenated alkanes) is 1. The van der Waals surface area contributed by atoms with E-state index in [-0.39, 0.29) is 6.09 Å². The Hall–Kier alpha value is -1.91. The number of anilines is 1. The topological polar surface area (TPSA) is 50.8 Å². The molecule has 1 saturated heterocycles. The molecule has 1 N–H and O–H groups in total. The van der Waals surface area contributed by atoms with Gasteiger partial charge in [0.05, 0.1) is 6.61 Å². The van der Waals surface area contributed by atoms with E-state index in [4.69, 9.17) is 9.47 Å². The Morgan fingerprint density at radius 2 is 1.84 bits per heavy atom. The van der Waals surface area contributed by atoms with Crippen molar-refractivity contribution >= 4 is 11.8 Å². The highest BCUT2D eigenvalue weighted by atomic mass is 16.6. The quantitative estimate of drug-likeness (QED) is 0.759. The van der Waals surface area contributed by atoms with Crippen LogP contribution in [0.3, 0.4) is 0 Å². The molecule has 1 aromatic carbocycles. The lowest BCUT2D eigenvalue weighted by Gasteiger charge is -2.34. The van der Waals surface area contributed by atoms with Gasteiger partial charge < -0.3 is 19.7 Å². The molecule has 1 aliphatic heterocycles. The molecule has 5 nitrogen and oxygen atoms in total. The van der Waals surface area contributed by atoms with Crippen LogP contribution in [0.25, 0.3) is 0 Å². The molecule has 2 rings (SSSR count). The molecule has 0 aliphatic carbocycles. The summed E-state index contributed by atoms with van der Waals surface area (Å²) in [6.07, 6.45) is 3.86.